The summed E-state index contributed by atoms with van der Waals surface area (Å²) in [4.78, 5) is 11.5. The number of aliphatic hydroxyl groups excluding tert-OH is 1. The second-order valence-electron chi connectivity index (χ2n) is 4.63. The molecule has 0 aliphatic heterocycles. The van der Waals surface area contributed by atoms with Crippen LogP contribution in [0.2, 0.25) is 0 Å². The highest BCUT2D eigenvalue weighted by Crippen LogP contribution is 2.14. The van der Waals surface area contributed by atoms with Crippen LogP contribution in [0.5, 0.6) is 0 Å². The van der Waals surface area contributed by atoms with Crippen LogP contribution in [0.25, 0.3) is 0 Å². The average Bonchev–Trinajstić information content (AvgIpc) is 2.23. The number of hydrogen-bond acceptors (Lipinski definition) is 3. The zero-order valence-electron chi connectivity index (χ0n) is 10.8. The first-order valence-corrected chi connectivity index (χ1v) is 5.92. The molecule has 0 aliphatic carbocycles. The van der Waals surface area contributed by atoms with Crippen LogP contribution in [0.3, 0.4) is 0 Å². The monoisotopic (exact) mass is 231 g/mol. The number of nitrogens with one attached hydrogen (secondary N) is 1. The van der Waals surface area contributed by atoms with Crippen molar-refractivity contribution < 1.29 is 14.6 Å². The predicted octanol–water partition coefficient (Wildman–Crippen LogP) is 1.18. The third kappa shape index (κ3) is 6.80. The van der Waals surface area contributed by atoms with E-state index in [1.165, 1.54) is 7.11 Å². The van der Waals surface area contributed by atoms with Crippen LogP contribution in [-0.2, 0) is 9.53 Å². The lowest BCUT2D eigenvalue weighted by molar-refractivity contribution is -0.130. The van der Waals surface area contributed by atoms with E-state index in [0.717, 1.165) is 12.8 Å². The maximum Gasteiger partial charge on any atom is 0.248 e. The van der Waals surface area contributed by atoms with Gasteiger partial charge in [0, 0.05) is 20.3 Å². The Morgan fingerprint density at radius 2 is 2.00 bits per heavy atom. The summed E-state index contributed by atoms with van der Waals surface area (Å²) >= 11 is 0. The summed E-state index contributed by atoms with van der Waals surface area (Å²) in [5.41, 5.74) is 0. The molecule has 4 heteroatoms. The van der Waals surface area contributed by atoms with Gasteiger partial charge in [0.25, 0.3) is 0 Å². The zero-order chi connectivity index (χ0) is 12.6. The molecular formula is C12H25NO3. The zero-order valence-corrected chi connectivity index (χ0v) is 10.8. The highest BCUT2D eigenvalue weighted by atomic mass is 16.5. The van der Waals surface area contributed by atoms with E-state index in [9.17, 15) is 4.79 Å². The molecule has 2 atom stereocenters. The van der Waals surface area contributed by atoms with Gasteiger partial charge in [-0.05, 0) is 31.6 Å². The average molecular weight is 231 g/mol. The van der Waals surface area contributed by atoms with E-state index in [1.54, 1.807) is 6.92 Å². The summed E-state index contributed by atoms with van der Waals surface area (Å²) in [5.74, 6) is 0.834. The Labute approximate surface area is 98.4 Å². The van der Waals surface area contributed by atoms with Crippen LogP contribution in [-0.4, -0.2) is 37.4 Å². The van der Waals surface area contributed by atoms with E-state index >= 15 is 0 Å². The molecule has 0 spiro atoms. The Balaban J connectivity index is 3.95. The van der Waals surface area contributed by atoms with E-state index < -0.39 is 6.10 Å². The normalized spacial score (nSPS) is 14.9. The summed E-state index contributed by atoms with van der Waals surface area (Å²) in [6.45, 7) is 6.80. The molecule has 16 heavy (non-hydrogen) atoms. The summed E-state index contributed by atoms with van der Waals surface area (Å²) in [7, 11) is 1.52. The molecule has 0 aliphatic rings. The standard InChI is InChI=1S/C12H25NO3/c1-9(2)7-11(5-6-14)8-13-12(15)10(3)16-4/h9-11,14H,5-8H2,1-4H3,(H,13,15). The highest BCUT2D eigenvalue weighted by Gasteiger charge is 2.15. The van der Waals surface area contributed by atoms with Gasteiger partial charge in [-0.2, -0.15) is 0 Å². The molecule has 0 heterocycles. The van der Waals surface area contributed by atoms with Crippen LogP contribution in [0.1, 0.15) is 33.6 Å². The number of ether oxygens (including phenoxy) is 1. The fourth-order valence-corrected chi connectivity index (χ4v) is 1.65. The first-order valence-electron chi connectivity index (χ1n) is 5.92. The number of carbonyl (C=O) groups is 1. The lowest BCUT2D eigenvalue weighted by Gasteiger charge is -2.19. The molecular weight excluding hydrogens is 206 g/mol. The van der Waals surface area contributed by atoms with Gasteiger partial charge in [-0.3, -0.25) is 4.79 Å². The molecule has 0 aromatic heterocycles. The maximum absolute atomic E-state index is 11.5. The number of hydrogen-bond donors (Lipinski definition) is 2. The molecule has 0 saturated carbocycles. The van der Waals surface area contributed by atoms with Gasteiger partial charge >= 0.3 is 0 Å². The van der Waals surface area contributed by atoms with Gasteiger partial charge in [-0.1, -0.05) is 13.8 Å². The van der Waals surface area contributed by atoms with Gasteiger partial charge in [0.1, 0.15) is 6.10 Å². The van der Waals surface area contributed by atoms with Gasteiger partial charge in [0.05, 0.1) is 0 Å². The molecule has 0 radical (unpaired) electrons. The number of carbonyl (C=O) groups excluding carboxylic acids is 1. The summed E-state index contributed by atoms with van der Waals surface area (Å²) < 4.78 is 4.92. The largest absolute Gasteiger partial charge is 0.396 e. The molecule has 1 amide bonds. The third-order valence-electron chi connectivity index (χ3n) is 2.63. The van der Waals surface area contributed by atoms with Crippen molar-refractivity contribution in [2.24, 2.45) is 11.8 Å². The number of methoxy groups -OCH3 is 1. The van der Waals surface area contributed by atoms with Crippen LogP contribution < -0.4 is 5.32 Å². The van der Waals surface area contributed by atoms with Crippen molar-refractivity contribution in [2.45, 2.75) is 39.7 Å². The number of aliphatic hydroxyl groups is 1. The molecule has 96 valence electrons. The Morgan fingerprint density at radius 3 is 2.44 bits per heavy atom. The molecule has 0 fully saturated rings. The van der Waals surface area contributed by atoms with Crippen molar-refractivity contribution in [3.05, 3.63) is 0 Å². The van der Waals surface area contributed by atoms with E-state index in [1.807, 2.05) is 0 Å². The summed E-state index contributed by atoms with van der Waals surface area (Å²) in [5, 5.41) is 11.8. The molecule has 0 aromatic rings. The minimum atomic E-state index is -0.408. The first kappa shape index (κ1) is 15.4. The minimum absolute atomic E-state index is 0.0887. The SMILES string of the molecule is COC(C)C(=O)NCC(CCO)CC(C)C. The topological polar surface area (TPSA) is 58.6 Å². The first-order chi connectivity index (χ1) is 7.51. The van der Waals surface area contributed by atoms with E-state index in [2.05, 4.69) is 19.2 Å². The van der Waals surface area contributed by atoms with Gasteiger partial charge in [0.2, 0.25) is 5.91 Å². The summed E-state index contributed by atoms with van der Waals surface area (Å²) in [6, 6.07) is 0. The van der Waals surface area contributed by atoms with Crippen molar-refractivity contribution in [3.8, 4) is 0 Å². The third-order valence-corrected chi connectivity index (χ3v) is 2.63. The van der Waals surface area contributed by atoms with Crippen LogP contribution in [0, 0.1) is 11.8 Å². The predicted molar refractivity (Wildman–Crippen MR) is 64.1 cm³/mol. The van der Waals surface area contributed by atoms with E-state index in [0.29, 0.717) is 18.4 Å². The Morgan fingerprint density at radius 1 is 1.38 bits per heavy atom. The van der Waals surface area contributed by atoms with Gasteiger partial charge in [-0.25, -0.2) is 0 Å². The van der Waals surface area contributed by atoms with Crippen LogP contribution in [0.4, 0.5) is 0 Å². The van der Waals surface area contributed by atoms with Gasteiger partial charge < -0.3 is 15.2 Å². The molecule has 0 bridgehead atoms. The van der Waals surface area contributed by atoms with Crippen molar-refractivity contribution in [1.29, 1.82) is 0 Å². The number of rotatable bonds is 8. The van der Waals surface area contributed by atoms with Crippen molar-refractivity contribution in [3.63, 3.8) is 0 Å². The Hall–Kier alpha value is -0.610. The molecule has 4 nitrogen and oxygen atoms in total. The smallest absolute Gasteiger partial charge is 0.248 e. The van der Waals surface area contributed by atoms with E-state index in [-0.39, 0.29) is 12.5 Å². The van der Waals surface area contributed by atoms with Crippen molar-refractivity contribution >= 4 is 5.91 Å². The fourth-order valence-electron chi connectivity index (χ4n) is 1.65. The molecule has 0 rings (SSSR count). The van der Waals surface area contributed by atoms with Crippen molar-refractivity contribution in [2.75, 3.05) is 20.3 Å². The molecule has 2 unspecified atom stereocenters. The molecule has 2 N–H and O–H groups in total. The highest BCUT2D eigenvalue weighted by molar-refractivity contribution is 5.80. The maximum atomic E-state index is 11.5. The molecule has 0 saturated heterocycles. The fraction of sp³-hybridized carbons (Fsp3) is 0.917. The second-order valence-corrected chi connectivity index (χ2v) is 4.63. The quantitative estimate of drug-likeness (QED) is 0.659. The summed E-state index contributed by atoms with van der Waals surface area (Å²) in [6.07, 6.45) is 1.34. The van der Waals surface area contributed by atoms with Gasteiger partial charge in [-0.15, -0.1) is 0 Å². The van der Waals surface area contributed by atoms with E-state index in [4.69, 9.17) is 9.84 Å². The van der Waals surface area contributed by atoms with Crippen LogP contribution in [0.15, 0.2) is 0 Å². The lowest BCUT2D eigenvalue weighted by Crippen LogP contribution is -2.37. The van der Waals surface area contributed by atoms with Crippen LogP contribution >= 0.6 is 0 Å². The Bertz CT molecular complexity index is 195. The second kappa shape index (κ2) is 8.53. The lowest BCUT2D eigenvalue weighted by atomic mass is 9.94. The van der Waals surface area contributed by atoms with Gasteiger partial charge in [0.15, 0.2) is 0 Å². The van der Waals surface area contributed by atoms with Crippen molar-refractivity contribution in [1.82, 2.24) is 5.32 Å². The number of amides is 1. The molecule has 0 aromatic carbocycles. The minimum Gasteiger partial charge on any atom is -0.396 e. The Kier molecular flexibility index (Phi) is 8.21.